The summed E-state index contributed by atoms with van der Waals surface area (Å²) in [5.74, 6) is -2.22. The molecule has 0 aromatic heterocycles. The lowest BCUT2D eigenvalue weighted by Crippen LogP contribution is -2.07. The fraction of sp³-hybridized carbons (Fsp3) is 0.250. The van der Waals surface area contributed by atoms with Crippen molar-refractivity contribution in [1.82, 2.24) is 0 Å². The molecular weight excluding hydrogens is 215 g/mol. The second kappa shape index (κ2) is 4.16. The predicted molar refractivity (Wildman–Crippen MR) is 44.4 cm³/mol. The Labute approximate surface area is 82.4 Å². The van der Waals surface area contributed by atoms with Crippen molar-refractivity contribution in [2.24, 2.45) is 0 Å². The van der Waals surface area contributed by atoms with Gasteiger partial charge in [-0.3, -0.25) is 10.1 Å². The largest absolute Gasteiger partial charge is 0.424 e. The molecule has 0 aliphatic heterocycles. The van der Waals surface area contributed by atoms with Crippen LogP contribution in [0.3, 0.4) is 0 Å². The summed E-state index contributed by atoms with van der Waals surface area (Å²) >= 11 is 0. The monoisotopic (exact) mass is 221 g/mol. The molecule has 0 amide bonds. The first-order valence-electron chi connectivity index (χ1n) is 3.81. The Morgan fingerprint density at radius 3 is 2.53 bits per heavy atom. The van der Waals surface area contributed by atoms with Crippen molar-refractivity contribution in [2.75, 3.05) is 0 Å². The fourth-order valence-corrected chi connectivity index (χ4v) is 1.07. The molecule has 0 heterocycles. The SMILES string of the molecule is Cc1ccc(F)c(OC(F)F)c1[N+](=O)[O-]. The van der Waals surface area contributed by atoms with Crippen LogP contribution in [0.2, 0.25) is 0 Å². The molecule has 1 aromatic carbocycles. The molecule has 0 saturated heterocycles. The summed E-state index contributed by atoms with van der Waals surface area (Å²) in [6.07, 6.45) is 0. The lowest BCUT2D eigenvalue weighted by Gasteiger charge is -2.07. The van der Waals surface area contributed by atoms with E-state index in [2.05, 4.69) is 4.74 Å². The molecule has 1 rings (SSSR count). The van der Waals surface area contributed by atoms with Gasteiger partial charge in [0.05, 0.1) is 4.92 Å². The second-order valence-electron chi connectivity index (χ2n) is 2.68. The molecule has 0 bridgehead atoms. The van der Waals surface area contributed by atoms with Gasteiger partial charge in [0.15, 0.2) is 5.82 Å². The smallest absolute Gasteiger partial charge is 0.387 e. The summed E-state index contributed by atoms with van der Waals surface area (Å²) in [5.41, 5.74) is -0.729. The number of benzene rings is 1. The first-order valence-corrected chi connectivity index (χ1v) is 3.81. The minimum absolute atomic E-state index is 0.0528. The number of nitrogens with zero attached hydrogens (tertiary/aromatic N) is 1. The van der Waals surface area contributed by atoms with Gasteiger partial charge >= 0.3 is 12.3 Å². The van der Waals surface area contributed by atoms with E-state index in [4.69, 9.17) is 0 Å². The van der Waals surface area contributed by atoms with Crippen LogP contribution >= 0.6 is 0 Å². The van der Waals surface area contributed by atoms with Crippen LogP contribution in [-0.2, 0) is 0 Å². The van der Waals surface area contributed by atoms with Crippen molar-refractivity contribution in [3.63, 3.8) is 0 Å². The van der Waals surface area contributed by atoms with Crippen molar-refractivity contribution in [1.29, 1.82) is 0 Å². The van der Waals surface area contributed by atoms with E-state index in [0.717, 1.165) is 12.1 Å². The van der Waals surface area contributed by atoms with Crippen LogP contribution in [-0.4, -0.2) is 11.5 Å². The van der Waals surface area contributed by atoms with Crippen LogP contribution in [0.25, 0.3) is 0 Å². The zero-order valence-corrected chi connectivity index (χ0v) is 7.54. The second-order valence-corrected chi connectivity index (χ2v) is 2.68. The van der Waals surface area contributed by atoms with Gasteiger partial charge in [0.1, 0.15) is 0 Å². The highest BCUT2D eigenvalue weighted by Gasteiger charge is 2.25. The molecule has 0 unspecified atom stereocenters. The van der Waals surface area contributed by atoms with Crippen LogP contribution in [0.5, 0.6) is 5.75 Å². The van der Waals surface area contributed by atoms with Crippen LogP contribution in [0, 0.1) is 22.9 Å². The molecule has 4 nitrogen and oxygen atoms in total. The number of hydrogen-bond acceptors (Lipinski definition) is 3. The van der Waals surface area contributed by atoms with Gasteiger partial charge < -0.3 is 4.74 Å². The quantitative estimate of drug-likeness (QED) is 0.582. The molecule has 0 N–H and O–H groups in total. The number of nitro groups is 1. The highest BCUT2D eigenvalue weighted by Crippen LogP contribution is 2.34. The van der Waals surface area contributed by atoms with E-state index in [1.165, 1.54) is 6.92 Å². The Kier molecular flexibility index (Phi) is 3.13. The topological polar surface area (TPSA) is 52.4 Å². The highest BCUT2D eigenvalue weighted by atomic mass is 19.3. The molecule has 0 fully saturated rings. The number of hydrogen-bond donors (Lipinski definition) is 0. The Morgan fingerprint density at radius 2 is 2.07 bits per heavy atom. The first-order chi connectivity index (χ1) is 6.93. The lowest BCUT2D eigenvalue weighted by atomic mass is 10.2. The Hall–Kier alpha value is -1.79. The summed E-state index contributed by atoms with van der Waals surface area (Å²) < 4.78 is 40.5. The molecule has 0 saturated carbocycles. The zero-order valence-electron chi connectivity index (χ0n) is 7.54. The van der Waals surface area contributed by atoms with E-state index in [9.17, 15) is 23.3 Å². The summed E-state index contributed by atoms with van der Waals surface area (Å²) in [4.78, 5) is 9.53. The molecule has 0 radical (unpaired) electrons. The van der Waals surface area contributed by atoms with Gasteiger partial charge in [-0.15, -0.1) is 0 Å². The van der Waals surface area contributed by atoms with E-state index in [0.29, 0.717) is 0 Å². The maximum absolute atomic E-state index is 13.0. The normalized spacial score (nSPS) is 10.5. The summed E-state index contributed by atoms with van der Waals surface area (Å²) in [5, 5.41) is 10.5. The molecule has 0 aliphatic rings. The van der Waals surface area contributed by atoms with E-state index in [1.54, 1.807) is 0 Å². The van der Waals surface area contributed by atoms with Gasteiger partial charge in [0.25, 0.3) is 0 Å². The molecule has 0 atom stereocenters. The summed E-state index contributed by atoms with van der Waals surface area (Å²) in [7, 11) is 0. The fourth-order valence-electron chi connectivity index (χ4n) is 1.07. The maximum atomic E-state index is 13.0. The van der Waals surface area contributed by atoms with E-state index in [-0.39, 0.29) is 5.56 Å². The minimum Gasteiger partial charge on any atom is -0.424 e. The predicted octanol–water partition coefficient (Wildman–Crippen LogP) is 2.64. The molecule has 15 heavy (non-hydrogen) atoms. The van der Waals surface area contributed by atoms with Gasteiger partial charge in [0, 0.05) is 5.56 Å². The summed E-state index contributed by atoms with van der Waals surface area (Å²) in [6, 6.07) is 1.95. The third-order valence-corrected chi connectivity index (χ3v) is 1.67. The maximum Gasteiger partial charge on any atom is 0.387 e. The van der Waals surface area contributed by atoms with Crippen molar-refractivity contribution in [3.8, 4) is 5.75 Å². The van der Waals surface area contributed by atoms with Gasteiger partial charge in [-0.25, -0.2) is 4.39 Å². The average Bonchev–Trinajstić information content (AvgIpc) is 2.10. The number of rotatable bonds is 3. The minimum atomic E-state index is -3.31. The number of alkyl halides is 2. The molecule has 7 heteroatoms. The van der Waals surface area contributed by atoms with E-state index >= 15 is 0 Å². The van der Waals surface area contributed by atoms with Gasteiger partial charge in [-0.05, 0) is 19.1 Å². The van der Waals surface area contributed by atoms with E-state index < -0.39 is 28.8 Å². The average molecular weight is 221 g/mol. The van der Waals surface area contributed by atoms with Gasteiger partial charge in [-0.2, -0.15) is 8.78 Å². The molecular formula is C8H6F3NO3. The summed E-state index contributed by atoms with van der Waals surface area (Å²) in [6.45, 7) is -2.00. The molecule has 0 spiro atoms. The van der Waals surface area contributed by atoms with Crippen molar-refractivity contribution >= 4 is 5.69 Å². The van der Waals surface area contributed by atoms with Crippen molar-refractivity contribution in [2.45, 2.75) is 13.5 Å². The third-order valence-electron chi connectivity index (χ3n) is 1.67. The zero-order chi connectivity index (χ0) is 11.6. The van der Waals surface area contributed by atoms with Gasteiger partial charge in [-0.1, -0.05) is 0 Å². The standard InChI is InChI=1S/C8H6F3NO3/c1-4-2-3-5(9)7(15-8(10)11)6(4)12(13)14/h2-3,8H,1H3. The van der Waals surface area contributed by atoms with Crippen molar-refractivity contribution in [3.05, 3.63) is 33.6 Å². The van der Waals surface area contributed by atoms with Crippen LogP contribution in [0.4, 0.5) is 18.9 Å². The molecule has 1 aromatic rings. The highest BCUT2D eigenvalue weighted by molar-refractivity contribution is 5.52. The Bertz CT molecular complexity index is 395. The van der Waals surface area contributed by atoms with Crippen LogP contribution in [0.1, 0.15) is 5.56 Å². The lowest BCUT2D eigenvalue weighted by molar-refractivity contribution is -0.387. The van der Waals surface area contributed by atoms with Crippen molar-refractivity contribution < 1.29 is 22.8 Å². The van der Waals surface area contributed by atoms with E-state index in [1.807, 2.05) is 0 Å². The number of halogens is 3. The number of nitro benzene ring substituents is 1. The number of aryl methyl sites for hydroxylation is 1. The molecule has 82 valence electrons. The number of ether oxygens (including phenoxy) is 1. The Balaban J connectivity index is 3.31. The third kappa shape index (κ3) is 2.36. The Morgan fingerprint density at radius 1 is 1.47 bits per heavy atom. The van der Waals surface area contributed by atoms with Crippen LogP contribution in [0.15, 0.2) is 12.1 Å². The van der Waals surface area contributed by atoms with Crippen LogP contribution < -0.4 is 4.74 Å². The molecule has 0 aliphatic carbocycles. The van der Waals surface area contributed by atoms with Gasteiger partial charge in [0.2, 0.25) is 5.75 Å². The first kappa shape index (κ1) is 11.3.